The summed E-state index contributed by atoms with van der Waals surface area (Å²) in [6.45, 7) is 4.41. The summed E-state index contributed by atoms with van der Waals surface area (Å²) in [5.74, 6) is -0.653. The molecule has 0 aromatic heterocycles. The summed E-state index contributed by atoms with van der Waals surface area (Å²) in [6, 6.07) is 17.4. The average molecular weight is 465 g/mol. The first-order chi connectivity index (χ1) is 15.8. The number of carbonyl (C=O) groups is 1. The van der Waals surface area contributed by atoms with Gasteiger partial charge in [-0.1, -0.05) is 53.9 Å². The normalized spacial score (nSPS) is 25.0. The van der Waals surface area contributed by atoms with Crippen LogP contribution in [0.25, 0.3) is 0 Å². The summed E-state index contributed by atoms with van der Waals surface area (Å²) in [4.78, 5) is 16.1. The van der Waals surface area contributed by atoms with Gasteiger partial charge in [0.25, 0.3) is 0 Å². The minimum Gasteiger partial charge on any atom is -0.335 e. The molecule has 0 saturated heterocycles. The predicted molar refractivity (Wildman–Crippen MR) is 128 cm³/mol. The zero-order chi connectivity index (χ0) is 23.6. The number of sulfone groups is 1. The maximum atomic E-state index is 13.9. The average Bonchev–Trinajstić information content (AvgIpc) is 3.49. The van der Waals surface area contributed by atoms with Gasteiger partial charge in [0.2, 0.25) is 5.91 Å². The molecule has 4 atom stereocenters. The number of benzene rings is 2. The largest absolute Gasteiger partial charge is 0.335 e. The first-order valence-electron chi connectivity index (χ1n) is 11.9. The lowest BCUT2D eigenvalue weighted by atomic mass is 10.0. The van der Waals surface area contributed by atoms with Crippen molar-refractivity contribution in [3.8, 4) is 6.07 Å². The van der Waals surface area contributed by atoms with Gasteiger partial charge < -0.3 is 4.90 Å². The molecule has 0 radical (unpaired) electrons. The molecule has 6 heteroatoms. The molecule has 1 amide bonds. The molecule has 0 spiro atoms. The Labute approximate surface area is 197 Å². The summed E-state index contributed by atoms with van der Waals surface area (Å²) >= 11 is 0. The van der Waals surface area contributed by atoms with Crippen molar-refractivity contribution < 1.29 is 13.2 Å². The van der Waals surface area contributed by atoms with Gasteiger partial charge in [0, 0.05) is 18.5 Å². The van der Waals surface area contributed by atoms with E-state index in [2.05, 4.69) is 6.07 Å². The molecule has 2 fully saturated rings. The van der Waals surface area contributed by atoms with E-state index in [1.165, 1.54) is 0 Å². The number of carbonyl (C=O) groups excluding carboxylic acids is 1. The highest BCUT2D eigenvalue weighted by molar-refractivity contribution is 7.92. The van der Waals surface area contributed by atoms with Crippen LogP contribution in [0.3, 0.4) is 0 Å². The van der Waals surface area contributed by atoms with Crippen LogP contribution in [0.5, 0.6) is 0 Å². The molecular formula is C27H32N2O3S. The lowest BCUT2D eigenvalue weighted by Gasteiger charge is -2.33. The Morgan fingerprint density at radius 3 is 2.21 bits per heavy atom. The van der Waals surface area contributed by atoms with Gasteiger partial charge in [0.15, 0.2) is 9.84 Å². The van der Waals surface area contributed by atoms with E-state index in [0.29, 0.717) is 30.7 Å². The van der Waals surface area contributed by atoms with Crippen molar-refractivity contribution in [2.24, 2.45) is 11.8 Å². The van der Waals surface area contributed by atoms with Crippen molar-refractivity contribution in [1.82, 2.24) is 4.90 Å². The standard InChI is InChI=1S/C27H32N2O3S/c1-19-6-10-21(11-7-19)18-29(23-13-12-22(16-23)17-28)27(30)25-4-3-5-26(25)33(31,32)24-14-8-20(2)9-15-24/h6-11,14-15,22-23,25-26H,3-5,12-13,16,18H2,1-2H3/t22-,23+,25-,26-/m1/s1. The van der Waals surface area contributed by atoms with Crippen LogP contribution in [0, 0.1) is 37.0 Å². The number of nitrogens with zero attached hydrogens (tertiary/aromatic N) is 2. The molecule has 2 aromatic carbocycles. The number of aryl methyl sites for hydroxylation is 2. The van der Waals surface area contributed by atoms with E-state index in [1.54, 1.807) is 12.1 Å². The maximum absolute atomic E-state index is 13.9. The molecule has 5 nitrogen and oxygen atoms in total. The van der Waals surface area contributed by atoms with Gasteiger partial charge in [-0.05, 0) is 63.6 Å². The molecule has 2 saturated carbocycles. The number of hydrogen-bond donors (Lipinski definition) is 0. The second kappa shape index (κ2) is 9.69. The Bertz CT molecular complexity index is 1130. The molecule has 174 valence electrons. The third kappa shape index (κ3) is 4.99. The van der Waals surface area contributed by atoms with Crippen molar-refractivity contribution in [3.05, 3.63) is 65.2 Å². The smallest absolute Gasteiger partial charge is 0.227 e. The first kappa shape index (κ1) is 23.5. The van der Waals surface area contributed by atoms with Crippen LogP contribution in [0.2, 0.25) is 0 Å². The van der Waals surface area contributed by atoms with Gasteiger partial charge in [-0.25, -0.2) is 8.42 Å². The van der Waals surface area contributed by atoms with Crippen LogP contribution < -0.4 is 0 Å². The van der Waals surface area contributed by atoms with Crippen LogP contribution >= 0.6 is 0 Å². The number of nitriles is 1. The van der Waals surface area contributed by atoms with Crippen molar-refractivity contribution in [1.29, 1.82) is 5.26 Å². The van der Waals surface area contributed by atoms with Gasteiger partial charge in [0.05, 0.1) is 22.1 Å². The highest BCUT2D eigenvalue weighted by Gasteiger charge is 2.45. The van der Waals surface area contributed by atoms with Crippen molar-refractivity contribution in [2.75, 3.05) is 0 Å². The topological polar surface area (TPSA) is 78.2 Å². The van der Waals surface area contributed by atoms with Crippen LogP contribution in [0.4, 0.5) is 0 Å². The SMILES string of the molecule is Cc1ccc(CN(C(=O)[C@@H]2CCC[C@H]2S(=O)(=O)c2ccc(C)cc2)[C@H]2CC[C@@H](C#N)C2)cc1. The molecule has 33 heavy (non-hydrogen) atoms. The van der Waals surface area contributed by atoms with Crippen molar-refractivity contribution >= 4 is 15.7 Å². The highest BCUT2D eigenvalue weighted by atomic mass is 32.2. The quantitative estimate of drug-likeness (QED) is 0.605. The molecule has 4 rings (SSSR count). The zero-order valence-corrected chi connectivity index (χ0v) is 20.2. The Kier molecular flexibility index (Phi) is 6.90. The van der Waals surface area contributed by atoms with Crippen molar-refractivity contribution in [2.45, 2.75) is 75.1 Å². The van der Waals surface area contributed by atoms with Crippen LogP contribution in [0.1, 0.15) is 55.2 Å². The monoisotopic (exact) mass is 464 g/mol. The fraction of sp³-hybridized carbons (Fsp3) is 0.481. The predicted octanol–water partition coefficient (Wildman–Crippen LogP) is 4.97. The fourth-order valence-corrected chi connectivity index (χ4v) is 7.36. The summed E-state index contributed by atoms with van der Waals surface area (Å²) in [6.07, 6.45) is 4.07. The first-order valence-corrected chi connectivity index (χ1v) is 13.4. The summed E-state index contributed by atoms with van der Waals surface area (Å²) in [7, 11) is -3.60. The van der Waals surface area contributed by atoms with Gasteiger partial charge in [-0.2, -0.15) is 5.26 Å². The number of rotatable bonds is 6. The second-order valence-corrected chi connectivity index (χ2v) is 11.8. The summed E-state index contributed by atoms with van der Waals surface area (Å²) in [5.41, 5.74) is 3.19. The highest BCUT2D eigenvalue weighted by Crippen LogP contribution is 2.38. The van der Waals surface area contributed by atoms with E-state index in [1.807, 2.05) is 55.1 Å². The van der Waals surface area contributed by atoms with E-state index in [9.17, 15) is 18.5 Å². The fourth-order valence-electron chi connectivity index (χ4n) is 5.33. The third-order valence-corrected chi connectivity index (χ3v) is 9.59. The number of hydrogen-bond acceptors (Lipinski definition) is 4. The van der Waals surface area contributed by atoms with E-state index in [-0.39, 0.29) is 17.9 Å². The molecule has 2 aromatic rings. The molecule has 2 aliphatic rings. The van der Waals surface area contributed by atoms with Crippen LogP contribution in [-0.4, -0.2) is 30.5 Å². The Morgan fingerprint density at radius 2 is 1.61 bits per heavy atom. The van der Waals surface area contributed by atoms with E-state index in [0.717, 1.165) is 36.0 Å². The maximum Gasteiger partial charge on any atom is 0.227 e. The Hall–Kier alpha value is -2.65. The van der Waals surface area contributed by atoms with Crippen molar-refractivity contribution in [3.63, 3.8) is 0 Å². The zero-order valence-electron chi connectivity index (χ0n) is 19.4. The van der Waals surface area contributed by atoms with Gasteiger partial charge in [0.1, 0.15) is 0 Å². The lowest BCUT2D eigenvalue weighted by Crippen LogP contribution is -2.45. The minimum atomic E-state index is -3.60. The summed E-state index contributed by atoms with van der Waals surface area (Å²) in [5, 5.41) is 8.70. The van der Waals surface area contributed by atoms with Gasteiger partial charge >= 0.3 is 0 Å². The molecule has 0 aliphatic heterocycles. The van der Waals surface area contributed by atoms with E-state index in [4.69, 9.17) is 0 Å². The van der Waals surface area contributed by atoms with Gasteiger partial charge in [-0.15, -0.1) is 0 Å². The second-order valence-electron chi connectivity index (χ2n) is 9.68. The Balaban J connectivity index is 1.62. The lowest BCUT2D eigenvalue weighted by molar-refractivity contribution is -0.138. The molecule has 0 unspecified atom stereocenters. The minimum absolute atomic E-state index is 0.0215. The summed E-state index contributed by atoms with van der Waals surface area (Å²) < 4.78 is 27.0. The number of amides is 1. The molecule has 0 heterocycles. The van der Waals surface area contributed by atoms with E-state index < -0.39 is 21.0 Å². The molecular weight excluding hydrogens is 432 g/mol. The van der Waals surface area contributed by atoms with Crippen LogP contribution in [0.15, 0.2) is 53.4 Å². The van der Waals surface area contributed by atoms with Gasteiger partial charge in [-0.3, -0.25) is 4.79 Å². The van der Waals surface area contributed by atoms with Crippen LogP contribution in [-0.2, 0) is 21.2 Å². The molecule has 0 bridgehead atoms. The molecule has 2 aliphatic carbocycles. The Morgan fingerprint density at radius 1 is 0.970 bits per heavy atom. The molecule has 0 N–H and O–H groups in total. The third-order valence-electron chi connectivity index (χ3n) is 7.30. The van der Waals surface area contributed by atoms with E-state index >= 15 is 0 Å².